The average Bonchev–Trinajstić information content (AvgIpc) is 2.76. The molecule has 3 nitrogen and oxygen atoms in total. The van der Waals surface area contributed by atoms with Crippen molar-refractivity contribution in [1.29, 1.82) is 0 Å². The molecule has 0 bridgehead atoms. The molecule has 1 N–H and O–H groups in total. The molecule has 1 unspecified atom stereocenters. The minimum Gasteiger partial charge on any atom is -0.352 e. The molecule has 1 aliphatic heterocycles. The second-order valence-corrected chi connectivity index (χ2v) is 6.06. The van der Waals surface area contributed by atoms with Crippen LogP contribution in [0, 0.1) is 0 Å². The largest absolute Gasteiger partial charge is 0.352 e. The van der Waals surface area contributed by atoms with Crippen molar-refractivity contribution in [2.45, 2.75) is 25.9 Å². The molecule has 1 aromatic heterocycles. The molecule has 5 heteroatoms. The normalized spacial score (nSPS) is 21.2. The Morgan fingerprint density at radius 1 is 1.75 bits per heavy atom. The summed E-state index contributed by atoms with van der Waals surface area (Å²) in [4.78, 5) is 14.7. The molecule has 0 saturated carbocycles. The summed E-state index contributed by atoms with van der Waals surface area (Å²) in [6, 6.07) is 2.50. The van der Waals surface area contributed by atoms with E-state index in [-0.39, 0.29) is 5.91 Å². The quantitative estimate of drug-likeness (QED) is 0.928. The first-order chi connectivity index (χ1) is 7.63. The second kappa shape index (κ2) is 5.29. The minimum absolute atomic E-state index is 0.0747. The van der Waals surface area contributed by atoms with Crippen LogP contribution in [-0.4, -0.2) is 29.9 Å². The van der Waals surface area contributed by atoms with Crippen molar-refractivity contribution in [3.05, 3.63) is 20.8 Å². The van der Waals surface area contributed by atoms with Gasteiger partial charge in [-0.15, -0.1) is 11.3 Å². The summed E-state index contributed by atoms with van der Waals surface area (Å²) in [5.41, 5.74) is 0. The summed E-state index contributed by atoms with van der Waals surface area (Å²) in [7, 11) is 0. The lowest BCUT2D eigenvalue weighted by atomic mass is 10.3. The minimum atomic E-state index is 0.0747. The molecule has 1 aliphatic rings. The number of halogens is 1. The van der Waals surface area contributed by atoms with E-state index < -0.39 is 0 Å². The van der Waals surface area contributed by atoms with Crippen molar-refractivity contribution >= 4 is 33.2 Å². The van der Waals surface area contributed by atoms with Crippen molar-refractivity contribution in [3.63, 3.8) is 0 Å². The number of carbonyl (C=O) groups is 1. The van der Waals surface area contributed by atoms with Crippen molar-refractivity contribution < 1.29 is 4.79 Å². The molecule has 1 aromatic rings. The highest BCUT2D eigenvalue weighted by Gasteiger charge is 2.23. The van der Waals surface area contributed by atoms with Gasteiger partial charge in [-0.05, 0) is 28.4 Å². The number of likely N-dealkylation sites (tertiary alicyclic amines) is 1. The Balaban J connectivity index is 1.82. The highest BCUT2D eigenvalue weighted by molar-refractivity contribution is 9.10. The van der Waals surface area contributed by atoms with Crippen molar-refractivity contribution in [1.82, 2.24) is 10.2 Å². The van der Waals surface area contributed by atoms with Gasteiger partial charge in [0.05, 0.1) is 0 Å². The molecule has 88 valence electrons. The zero-order chi connectivity index (χ0) is 11.5. The molecule has 2 heterocycles. The number of hydrogen-bond acceptors (Lipinski definition) is 3. The maximum atomic E-state index is 10.9. The average molecular weight is 303 g/mol. The number of hydrogen-bond donors (Lipinski definition) is 1. The van der Waals surface area contributed by atoms with Crippen LogP contribution in [0.25, 0.3) is 0 Å². The van der Waals surface area contributed by atoms with Gasteiger partial charge in [0.25, 0.3) is 0 Å². The number of rotatable bonds is 3. The fourth-order valence-electron chi connectivity index (χ4n) is 2.04. The lowest BCUT2D eigenvalue weighted by Gasteiger charge is -2.15. The van der Waals surface area contributed by atoms with E-state index >= 15 is 0 Å². The number of nitrogens with one attached hydrogen (secondary N) is 1. The first-order valence-corrected chi connectivity index (χ1v) is 7.03. The molecule has 1 fully saturated rings. The molecule has 2 rings (SSSR count). The van der Waals surface area contributed by atoms with Gasteiger partial charge in [-0.1, -0.05) is 0 Å². The predicted molar refractivity (Wildman–Crippen MR) is 69.5 cm³/mol. The Labute approximate surface area is 108 Å². The number of carbonyl (C=O) groups excluding carboxylic acids is 1. The van der Waals surface area contributed by atoms with Gasteiger partial charge in [-0.3, -0.25) is 9.69 Å². The van der Waals surface area contributed by atoms with Gasteiger partial charge in [0.1, 0.15) is 0 Å². The zero-order valence-corrected chi connectivity index (χ0v) is 11.6. The van der Waals surface area contributed by atoms with Gasteiger partial charge >= 0.3 is 0 Å². The van der Waals surface area contributed by atoms with Gasteiger partial charge in [0, 0.05) is 47.3 Å². The topological polar surface area (TPSA) is 32.3 Å². The summed E-state index contributed by atoms with van der Waals surface area (Å²) in [6.07, 6.45) is 1.06. The van der Waals surface area contributed by atoms with Gasteiger partial charge in [-0.25, -0.2) is 0 Å². The monoisotopic (exact) mass is 302 g/mol. The summed E-state index contributed by atoms with van der Waals surface area (Å²) in [6.45, 7) is 4.61. The fourth-order valence-corrected chi connectivity index (χ4v) is 3.53. The summed E-state index contributed by atoms with van der Waals surface area (Å²) >= 11 is 5.24. The van der Waals surface area contributed by atoms with E-state index in [1.54, 1.807) is 18.3 Å². The van der Waals surface area contributed by atoms with E-state index in [1.807, 2.05) is 0 Å². The first-order valence-electron chi connectivity index (χ1n) is 5.36. The Morgan fingerprint density at radius 2 is 2.56 bits per heavy atom. The highest BCUT2D eigenvalue weighted by atomic mass is 79.9. The van der Waals surface area contributed by atoms with Crippen LogP contribution in [0.3, 0.4) is 0 Å². The van der Waals surface area contributed by atoms with Gasteiger partial charge < -0.3 is 5.32 Å². The van der Waals surface area contributed by atoms with Gasteiger partial charge in [0.15, 0.2) is 0 Å². The Morgan fingerprint density at radius 3 is 3.19 bits per heavy atom. The molecule has 0 aliphatic carbocycles. The summed E-state index contributed by atoms with van der Waals surface area (Å²) in [5.74, 6) is 0.0747. The number of nitrogens with zero attached hydrogens (tertiary/aromatic N) is 1. The molecule has 16 heavy (non-hydrogen) atoms. The van der Waals surface area contributed by atoms with E-state index in [1.165, 1.54) is 4.88 Å². The fraction of sp³-hybridized carbons (Fsp3) is 0.545. The zero-order valence-electron chi connectivity index (χ0n) is 9.20. The summed E-state index contributed by atoms with van der Waals surface area (Å²) in [5, 5.41) is 5.08. The molecule has 1 atom stereocenters. The molecular weight excluding hydrogens is 288 g/mol. The van der Waals surface area contributed by atoms with E-state index in [2.05, 4.69) is 37.6 Å². The van der Waals surface area contributed by atoms with E-state index in [0.29, 0.717) is 6.04 Å². The molecule has 1 amide bonds. The van der Waals surface area contributed by atoms with Crippen LogP contribution in [0.5, 0.6) is 0 Å². The lowest BCUT2D eigenvalue weighted by molar-refractivity contribution is -0.119. The summed E-state index contributed by atoms with van der Waals surface area (Å²) < 4.78 is 1.16. The number of amides is 1. The smallest absolute Gasteiger partial charge is 0.217 e. The van der Waals surface area contributed by atoms with Crippen LogP contribution < -0.4 is 5.32 Å². The highest BCUT2D eigenvalue weighted by Crippen LogP contribution is 2.22. The maximum absolute atomic E-state index is 10.9. The standard InChI is InChI=1S/C11H15BrN2OS/c1-8(15)13-10-2-3-14(5-10)6-11-4-9(12)7-16-11/h4,7,10H,2-3,5-6H2,1H3,(H,13,15). The van der Waals surface area contributed by atoms with Crippen molar-refractivity contribution in [2.24, 2.45) is 0 Å². The van der Waals surface area contributed by atoms with Crippen molar-refractivity contribution in [2.75, 3.05) is 13.1 Å². The molecule has 0 spiro atoms. The lowest BCUT2D eigenvalue weighted by Crippen LogP contribution is -2.35. The SMILES string of the molecule is CC(=O)NC1CCN(Cc2cc(Br)cs2)C1. The van der Waals surface area contributed by atoms with E-state index in [0.717, 1.165) is 30.5 Å². The third-order valence-electron chi connectivity index (χ3n) is 2.68. The van der Waals surface area contributed by atoms with Crippen molar-refractivity contribution in [3.8, 4) is 0 Å². The first kappa shape index (κ1) is 12.1. The molecule has 1 saturated heterocycles. The molecule has 0 aromatic carbocycles. The van der Waals surface area contributed by atoms with Crippen LogP contribution in [-0.2, 0) is 11.3 Å². The number of thiophene rings is 1. The van der Waals surface area contributed by atoms with E-state index in [4.69, 9.17) is 0 Å². The van der Waals surface area contributed by atoms with E-state index in [9.17, 15) is 4.79 Å². The molecule has 0 radical (unpaired) electrons. The Kier molecular flexibility index (Phi) is 4.00. The van der Waals surface area contributed by atoms with Crippen LogP contribution in [0.4, 0.5) is 0 Å². The van der Waals surface area contributed by atoms with Crippen LogP contribution in [0.1, 0.15) is 18.2 Å². The van der Waals surface area contributed by atoms with Gasteiger partial charge in [0.2, 0.25) is 5.91 Å². The van der Waals surface area contributed by atoms with Crippen LogP contribution in [0.15, 0.2) is 15.9 Å². The third-order valence-corrected chi connectivity index (χ3v) is 4.36. The maximum Gasteiger partial charge on any atom is 0.217 e. The van der Waals surface area contributed by atoms with Gasteiger partial charge in [-0.2, -0.15) is 0 Å². The van der Waals surface area contributed by atoms with Crippen LogP contribution >= 0.6 is 27.3 Å². The van der Waals surface area contributed by atoms with Crippen LogP contribution in [0.2, 0.25) is 0 Å². The Bertz CT molecular complexity index is 380. The molecular formula is C11H15BrN2OS. The third kappa shape index (κ3) is 3.30. The predicted octanol–water partition coefficient (Wildman–Crippen LogP) is 2.22. The second-order valence-electron chi connectivity index (χ2n) is 4.15. The Hall–Kier alpha value is -0.390.